The van der Waals surface area contributed by atoms with E-state index in [4.69, 9.17) is 33.1 Å². The molecule has 1 aliphatic rings. The van der Waals surface area contributed by atoms with Crippen molar-refractivity contribution in [1.82, 2.24) is 10.3 Å². The van der Waals surface area contributed by atoms with Crippen molar-refractivity contribution in [3.63, 3.8) is 0 Å². The van der Waals surface area contributed by atoms with Crippen molar-refractivity contribution >= 4 is 57.5 Å². The zero-order valence-electron chi connectivity index (χ0n) is 17.7. The number of fused-ring (bicyclic) bond motifs is 1. The van der Waals surface area contributed by atoms with Crippen LogP contribution in [0.3, 0.4) is 0 Å². The van der Waals surface area contributed by atoms with Gasteiger partial charge in [-0.1, -0.05) is 23.2 Å². The van der Waals surface area contributed by atoms with Crippen LogP contribution in [0.1, 0.15) is 6.42 Å². The molecule has 13 heteroatoms. The highest BCUT2D eigenvalue weighted by molar-refractivity contribution is 6.31. The zero-order chi connectivity index (χ0) is 25.8. The minimum atomic E-state index is -5.08. The molecule has 1 saturated heterocycles. The van der Waals surface area contributed by atoms with E-state index in [1.165, 1.54) is 18.2 Å². The van der Waals surface area contributed by atoms with E-state index >= 15 is 0 Å². The Bertz CT molecular complexity index is 1240. The van der Waals surface area contributed by atoms with Gasteiger partial charge in [-0.15, -0.1) is 0 Å². The number of aliphatic carboxylic acids is 1. The molecule has 1 fully saturated rings. The summed E-state index contributed by atoms with van der Waals surface area (Å²) in [6.45, 7) is 1.49. The quantitative estimate of drug-likeness (QED) is 0.375. The first-order valence-electron chi connectivity index (χ1n) is 10.1. The van der Waals surface area contributed by atoms with Gasteiger partial charge in [0.1, 0.15) is 5.82 Å². The number of rotatable bonds is 3. The topological polar surface area (TPSA) is 94.6 Å². The Morgan fingerprint density at radius 2 is 1.83 bits per heavy atom. The number of carboxylic acids is 1. The Kier molecular flexibility index (Phi) is 8.23. The number of hydrogen-bond acceptors (Lipinski definition) is 4. The molecular formula is C22H18Cl2F4N4O3. The molecule has 0 bridgehead atoms. The summed E-state index contributed by atoms with van der Waals surface area (Å²) in [6, 6.07) is 11.3. The van der Waals surface area contributed by atoms with Crippen LogP contribution < -0.4 is 15.5 Å². The first-order valence-corrected chi connectivity index (χ1v) is 10.8. The largest absolute Gasteiger partial charge is 0.490 e. The maximum atomic E-state index is 13.2. The van der Waals surface area contributed by atoms with Gasteiger partial charge in [-0.3, -0.25) is 4.98 Å². The summed E-state index contributed by atoms with van der Waals surface area (Å²) < 4.78 is 45.0. The molecule has 2 aromatic carbocycles. The highest BCUT2D eigenvalue weighted by atomic mass is 35.5. The van der Waals surface area contributed by atoms with Gasteiger partial charge in [-0.25, -0.2) is 14.0 Å². The summed E-state index contributed by atoms with van der Waals surface area (Å²) in [5.74, 6) is -3.28. The summed E-state index contributed by atoms with van der Waals surface area (Å²) in [4.78, 5) is 27.7. The number of anilines is 2. The van der Waals surface area contributed by atoms with Crippen LogP contribution >= 0.6 is 23.2 Å². The lowest BCUT2D eigenvalue weighted by Crippen LogP contribution is -2.39. The second-order valence-corrected chi connectivity index (χ2v) is 8.30. The molecule has 186 valence electrons. The average molecular weight is 533 g/mol. The van der Waals surface area contributed by atoms with E-state index < -0.39 is 18.0 Å². The number of nitrogens with zero attached hydrogens (tertiary/aromatic N) is 2. The number of nitrogens with one attached hydrogen (secondary N) is 2. The molecule has 1 aliphatic heterocycles. The minimum absolute atomic E-state index is 0.00793. The number of hydrogen-bond donors (Lipinski definition) is 3. The average Bonchev–Trinajstić information content (AvgIpc) is 3.23. The van der Waals surface area contributed by atoms with Crippen molar-refractivity contribution in [2.45, 2.75) is 18.6 Å². The fourth-order valence-electron chi connectivity index (χ4n) is 3.41. The summed E-state index contributed by atoms with van der Waals surface area (Å²) in [7, 11) is 0. The lowest BCUT2D eigenvalue weighted by molar-refractivity contribution is -0.192. The molecule has 0 aliphatic carbocycles. The predicted molar refractivity (Wildman–Crippen MR) is 125 cm³/mol. The third-order valence-corrected chi connectivity index (χ3v) is 5.49. The van der Waals surface area contributed by atoms with Crippen LogP contribution in [-0.2, 0) is 4.79 Å². The number of carbonyl (C=O) groups excluding carboxylic acids is 1. The number of carbonyl (C=O) groups is 2. The van der Waals surface area contributed by atoms with Crippen molar-refractivity contribution in [3.05, 3.63) is 64.5 Å². The van der Waals surface area contributed by atoms with Crippen molar-refractivity contribution in [1.29, 1.82) is 0 Å². The second kappa shape index (κ2) is 11.0. The van der Waals surface area contributed by atoms with Gasteiger partial charge >= 0.3 is 18.2 Å². The van der Waals surface area contributed by atoms with Crippen LogP contribution in [0.4, 0.5) is 33.7 Å². The van der Waals surface area contributed by atoms with Gasteiger partial charge in [0, 0.05) is 47.1 Å². The third kappa shape index (κ3) is 7.09. The maximum Gasteiger partial charge on any atom is 0.490 e. The van der Waals surface area contributed by atoms with Gasteiger partial charge in [-0.2, -0.15) is 13.2 Å². The van der Waals surface area contributed by atoms with Crippen molar-refractivity contribution in [2.75, 3.05) is 23.3 Å². The Labute approximate surface area is 206 Å². The molecule has 1 unspecified atom stereocenters. The SMILES string of the molecule is O=C(Nc1ccc(F)c(Cl)c1)NC1CCN(c2ccnc3cc(Cl)ccc23)C1.O=C(O)C(F)(F)F. The van der Waals surface area contributed by atoms with Crippen LogP contribution in [-0.4, -0.2) is 47.4 Å². The van der Waals surface area contributed by atoms with Crippen LogP contribution in [0.25, 0.3) is 10.9 Å². The molecular weight excluding hydrogens is 515 g/mol. The monoisotopic (exact) mass is 532 g/mol. The highest BCUT2D eigenvalue weighted by Crippen LogP contribution is 2.30. The zero-order valence-corrected chi connectivity index (χ0v) is 19.3. The number of urea groups is 1. The second-order valence-electron chi connectivity index (χ2n) is 7.45. The summed E-state index contributed by atoms with van der Waals surface area (Å²) in [5, 5.41) is 14.4. The Hall–Kier alpha value is -3.31. The van der Waals surface area contributed by atoms with E-state index in [1.54, 1.807) is 6.20 Å². The number of halogens is 6. The number of benzene rings is 2. The molecule has 0 radical (unpaired) electrons. The third-order valence-electron chi connectivity index (χ3n) is 4.97. The fraction of sp³-hybridized carbons (Fsp3) is 0.227. The molecule has 2 amide bonds. The molecule has 1 atom stereocenters. The number of aromatic nitrogens is 1. The van der Waals surface area contributed by atoms with Gasteiger partial charge < -0.3 is 20.6 Å². The van der Waals surface area contributed by atoms with E-state index in [0.29, 0.717) is 17.3 Å². The normalized spacial score (nSPS) is 15.4. The van der Waals surface area contributed by atoms with Crippen LogP contribution in [0.2, 0.25) is 10.0 Å². The number of carboxylic acid groups (broad SMARTS) is 1. The van der Waals surface area contributed by atoms with Crippen molar-refractivity contribution < 1.29 is 32.3 Å². The Balaban J connectivity index is 0.000000429. The highest BCUT2D eigenvalue weighted by Gasteiger charge is 2.38. The van der Waals surface area contributed by atoms with Gasteiger partial charge in [-0.05, 0) is 48.9 Å². The van der Waals surface area contributed by atoms with Gasteiger partial charge in [0.05, 0.1) is 10.5 Å². The summed E-state index contributed by atoms with van der Waals surface area (Å²) in [5.41, 5.74) is 2.35. The van der Waals surface area contributed by atoms with E-state index in [1.807, 2.05) is 24.3 Å². The molecule has 4 rings (SSSR count). The molecule has 3 aromatic rings. The first kappa shape index (κ1) is 26.3. The van der Waals surface area contributed by atoms with Crippen molar-refractivity contribution in [3.8, 4) is 0 Å². The van der Waals surface area contributed by atoms with E-state index in [0.717, 1.165) is 29.6 Å². The number of pyridine rings is 1. The van der Waals surface area contributed by atoms with Crippen LogP contribution in [0.15, 0.2) is 48.7 Å². The lowest BCUT2D eigenvalue weighted by Gasteiger charge is -2.21. The standard InChI is InChI=1S/C20H17Cl2FN4O.C2HF3O2/c21-12-1-3-15-18(9-12)24-7-5-19(15)27-8-6-14(11-27)26-20(28)25-13-2-4-17(23)16(22)10-13;3-2(4,5)1(6)7/h1-5,7,9-10,14H,6,8,11H2,(H2,25,26,28);(H,6,7). The molecule has 3 N–H and O–H groups in total. The van der Waals surface area contributed by atoms with Crippen molar-refractivity contribution in [2.24, 2.45) is 0 Å². The van der Waals surface area contributed by atoms with Gasteiger partial charge in [0.15, 0.2) is 0 Å². The maximum absolute atomic E-state index is 13.2. The van der Waals surface area contributed by atoms with E-state index in [2.05, 4.69) is 20.5 Å². The Morgan fingerprint density at radius 1 is 1.11 bits per heavy atom. The van der Waals surface area contributed by atoms with Gasteiger partial charge in [0.2, 0.25) is 0 Å². The first-order chi connectivity index (χ1) is 16.4. The smallest absolute Gasteiger partial charge is 0.475 e. The minimum Gasteiger partial charge on any atom is -0.475 e. The van der Waals surface area contributed by atoms with Crippen LogP contribution in [0, 0.1) is 5.82 Å². The summed E-state index contributed by atoms with van der Waals surface area (Å²) >= 11 is 11.8. The fourth-order valence-corrected chi connectivity index (χ4v) is 3.75. The number of amides is 2. The predicted octanol–water partition coefficient (Wildman–Crippen LogP) is 5.71. The van der Waals surface area contributed by atoms with E-state index in [9.17, 15) is 22.4 Å². The Morgan fingerprint density at radius 3 is 2.49 bits per heavy atom. The molecule has 35 heavy (non-hydrogen) atoms. The van der Waals surface area contributed by atoms with Crippen LogP contribution in [0.5, 0.6) is 0 Å². The molecule has 0 saturated carbocycles. The molecule has 7 nitrogen and oxygen atoms in total. The number of alkyl halides is 3. The molecule has 0 spiro atoms. The van der Waals surface area contributed by atoms with Gasteiger partial charge in [0.25, 0.3) is 0 Å². The van der Waals surface area contributed by atoms with E-state index in [-0.39, 0.29) is 17.1 Å². The molecule has 1 aromatic heterocycles. The molecule has 2 heterocycles. The lowest BCUT2D eigenvalue weighted by atomic mass is 10.2. The summed E-state index contributed by atoms with van der Waals surface area (Å²) in [6.07, 6.45) is -2.51.